The van der Waals surface area contributed by atoms with E-state index in [-0.39, 0.29) is 6.54 Å². The van der Waals surface area contributed by atoms with E-state index in [0.717, 1.165) is 0 Å². The molecule has 0 unspecified atom stereocenters. The Morgan fingerprint density at radius 1 is 2.00 bits per heavy atom. The van der Waals surface area contributed by atoms with Crippen LogP contribution in [0.4, 0.5) is 0 Å². The Kier molecular flexibility index (Phi) is 1.97. The number of nitrogens with one attached hydrogen (secondary N) is 1. The molecular formula is C3H6N4O2S. The van der Waals surface area contributed by atoms with Crippen LogP contribution in [0.3, 0.4) is 0 Å². The Morgan fingerprint density at radius 3 is 3.10 bits per heavy atom. The van der Waals surface area contributed by atoms with Crippen LogP contribution in [0, 0.1) is 0 Å². The average molecular weight is 162 g/mol. The third-order valence-corrected chi connectivity index (χ3v) is 1.11. The van der Waals surface area contributed by atoms with Crippen LogP contribution in [-0.4, -0.2) is 33.4 Å². The van der Waals surface area contributed by atoms with Gasteiger partial charge in [0, 0.05) is 0 Å². The lowest BCUT2D eigenvalue weighted by Crippen LogP contribution is -2.35. The van der Waals surface area contributed by atoms with Crippen molar-refractivity contribution in [2.24, 2.45) is 5.22 Å². The van der Waals surface area contributed by atoms with Crippen molar-refractivity contribution in [3.8, 4) is 0 Å². The van der Waals surface area contributed by atoms with E-state index in [1.54, 1.807) is 0 Å². The van der Waals surface area contributed by atoms with Gasteiger partial charge in [0.25, 0.3) is 0 Å². The first-order valence-electron chi connectivity index (χ1n) is 2.56. The number of hydrazine groups is 1. The van der Waals surface area contributed by atoms with E-state index in [0.29, 0.717) is 6.67 Å². The third kappa shape index (κ3) is 1.78. The summed E-state index contributed by atoms with van der Waals surface area (Å²) in [5.41, 5.74) is 2.44. The Morgan fingerprint density at radius 2 is 2.70 bits per heavy atom. The topological polar surface area (TPSA) is 67.9 Å². The first kappa shape index (κ1) is 7.16. The molecule has 0 radical (unpaired) electrons. The number of hydrogen-bond donors (Lipinski definition) is 2. The quantitative estimate of drug-likeness (QED) is 0.390. The molecule has 1 heterocycles. The molecule has 6 nitrogen and oxygen atoms in total. The van der Waals surface area contributed by atoms with Crippen molar-refractivity contribution in [2.45, 2.75) is 0 Å². The zero-order valence-corrected chi connectivity index (χ0v) is 5.84. The molecule has 1 aliphatic rings. The van der Waals surface area contributed by atoms with Gasteiger partial charge < -0.3 is 17.9 Å². The molecule has 0 aromatic rings. The van der Waals surface area contributed by atoms with Crippen molar-refractivity contribution < 1.29 is 14.0 Å². The lowest BCUT2D eigenvalue weighted by molar-refractivity contribution is -0.422. The molecule has 0 aromatic heterocycles. The molecular weight excluding hydrogens is 156 g/mol. The molecule has 0 spiro atoms. The Hall–Kier alpha value is -0.950. The molecule has 0 bridgehead atoms. The Labute approximate surface area is 62.6 Å². The number of carboxylic acid groups (broad SMARTS) is 1. The fourth-order valence-electron chi connectivity index (χ4n) is 0.571. The van der Waals surface area contributed by atoms with Crippen LogP contribution in [0.5, 0.6) is 0 Å². The summed E-state index contributed by atoms with van der Waals surface area (Å²) in [5.74, 6) is -0.909. The van der Waals surface area contributed by atoms with Crippen molar-refractivity contribution >= 4 is 18.8 Å². The van der Waals surface area contributed by atoms with Gasteiger partial charge in [-0.25, -0.2) is 0 Å². The Bertz CT molecular complexity index is 181. The predicted molar refractivity (Wildman–Crippen MR) is 32.4 cm³/mol. The summed E-state index contributed by atoms with van der Waals surface area (Å²) in [6.45, 7) is 0.221. The van der Waals surface area contributed by atoms with Crippen LogP contribution in [0.2, 0.25) is 0 Å². The first-order chi connectivity index (χ1) is 4.68. The minimum Gasteiger partial charge on any atom is -0.532 e. The van der Waals surface area contributed by atoms with E-state index in [2.05, 4.69) is 23.6 Å². The highest BCUT2D eigenvalue weighted by Crippen LogP contribution is 1.90. The minimum atomic E-state index is -0.909. The number of nitrogens with zero attached hydrogens (tertiary/aromatic N) is 3. The van der Waals surface area contributed by atoms with E-state index in [9.17, 15) is 4.79 Å². The van der Waals surface area contributed by atoms with Gasteiger partial charge in [-0.2, -0.15) is 0 Å². The van der Waals surface area contributed by atoms with Gasteiger partial charge >= 0.3 is 5.97 Å². The summed E-state index contributed by atoms with van der Waals surface area (Å²) in [6, 6.07) is 0. The summed E-state index contributed by atoms with van der Waals surface area (Å²) in [4.78, 5) is 10.1. The van der Waals surface area contributed by atoms with E-state index in [1.165, 1.54) is 9.11 Å². The first-order valence-corrected chi connectivity index (χ1v) is 2.92. The monoisotopic (exact) mass is 162 g/mol. The maximum atomic E-state index is 10.1. The fourth-order valence-corrected chi connectivity index (χ4v) is 0.747. The van der Waals surface area contributed by atoms with Crippen LogP contribution >= 0.6 is 0 Å². The fraction of sp³-hybridized carbons (Fsp3) is 0.667. The number of aliphatic carboxylic acids is 1. The molecule has 0 aliphatic carbocycles. The lowest BCUT2D eigenvalue weighted by atomic mass is 10.6. The molecule has 0 saturated carbocycles. The number of rotatable bonds is 2. The molecule has 0 saturated heterocycles. The molecule has 10 heavy (non-hydrogen) atoms. The molecule has 56 valence electrons. The van der Waals surface area contributed by atoms with Crippen molar-refractivity contribution in [3.05, 3.63) is 0 Å². The van der Waals surface area contributed by atoms with Gasteiger partial charge in [0.2, 0.25) is 0 Å². The second-order valence-corrected chi connectivity index (χ2v) is 2.21. The number of hydrogen-bond acceptors (Lipinski definition) is 5. The molecule has 0 aromatic carbocycles. The number of carboxylic acids is 1. The van der Waals surface area contributed by atoms with Crippen molar-refractivity contribution in [3.63, 3.8) is 0 Å². The zero-order chi connectivity index (χ0) is 7.56. The third-order valence-electron chi connectivity index (χ3n) is 0.915. The summed E-state index contributed by atoms with van der Waals surface area (Å²) in [7, 11) is 0. The maximum absolute atomic E-state index is 10.1. The van der Waals surface area contributed by atoms with Crippen LogP contribution < -0.4 is 5.53 Å². The predicted octanol–water partition coefficient (Wildman–Crippen LogP) is -1.31. The van der Waals surface area contributed by atoms with Crippen molar-refractivity contribution in [1.29, 1.82) is 0 Å². The molecule has 0 atom stereocenters. The molecule has 1 aliphatic heterocycles. The minimum absolute atomic E-state index is 0.101. The van der Waals surface area contributed by atoms with Crippen LogP contribution in [0.15, 0.2) is 5.22 Å². The average Bonchev–Trinajstić information content (AvgIpc) is 2.13. The summed E-state index contributed by atoms with van der Waals surface area (Å²) in [6.07, 6.45) is 0. The van der Waals surface area contributed by atoms with E-state index < -0.39 is 5.97 Å². The highest BCUT2D eigenvalue weighted by molar-refractivity contribution is 7.51. The van der Waals surface area contributed by atoms with Gasteiger partial charge in [-0.05, 0) is 0 Å². The number of carbonyl (C=O) groups is 1. The SMILES string of the molecule is O=C(O)CN1C[N+]([S-])=NN1. The zero-order valence-electron chi connectivity index (χ0n) is 5.02. The van der Waals surface area contributed by atoms with E-state index >= 15 is 0 Å². The molecule has 0 fully saturated rings. The molecule has 2 N–H and O–H groups in total. The van der Waals surface area contributed by atoms with Gasteiger partial charge in [0.15, 0.2) is 6.67 Å². The smallest absolute Gasteiger partial charge is 0.321 e. The molecule has 1 rings (SSSR count). The lowest BCUT2D eigenvalue weighted by Gasteiger charge is -2.03. The van der Waals surface area contributed by atoms with Crippen LogP contribution in [-0.2, 0) is 17.6 Å². The van der Waals surface area contributed by atoms with Crippen LogP contribution in [0.25, 0.3) is 0 Å². The van der Waals surface area contributed by atoms with Crippen molar-refractivity contribution in [1.82, 2.24) is 10.5 Å². The normalized spacial score (nSPS) is 18.2. The van der Waals surface area contributed by atoms with Gasteiger partial charge in [0.1, 0.15) is 6.54 Å². The van der Waals surface area contributed by atoms with Gasteiger partial charge in [-0.3, -0.25) is 8.90 Å². The largest absolute Gasteiger partial charge is 0.532 e. The highest BCUT2D eigenvalue weighted by Gasteiger charge is 2.18. The van der Waals surface area contributed by atoms with Crippen molar-refractivity contribution in [2.75, 3.05) is 13.2 Å². The van der Waals surface area contributed by atoms with Gasteiger partial charge in [-0.15, -0.1) is 0 Å². The molecule has 0 amide bonds. The van der Waals surface area contributed by atoms with Gasteiger partial charge in [0.05, 0.1) is 5.22 Å². The second-order valence-electron chi connectivity index (χ2n) is 1.79. The van der Waals surface area contributed by atoms with Gasteiger partial charge in [-0.1, -0.05) is 10.5 Å². The Balaban J connectivity index is 2.29. The van der Waals surface area contributed by atoms with E-state index in [1.807, 2.05) is 0 Å². The maximum Gasteiger partial charge on any atom is 0.321 e. The summed E-state index contributed by atoms with van der Waals surface area (Å²) in [5, 5.41) is 13.2. The summed E-state index contributed by atoms with van der Waals surface area (Å²) >= 11 is 4.60. The van der Waals surface area contributed by atoms with Crippen LogP contribution in [0.1, 0.15) is 0 Å². The second kappa shape index (κ2) is 2.76. The standard InChI is InChI=1S/C3H6N4O2S/c8-3(9)1-6-2-7(10)5-4-6/h4H,1-2H2,(H,8,9). The highest BCUT2D eigenvalue weighted by atomic mass is 32.1. The van der Waals surface area contributed by atoms with E-state index in [4.69, 9.17) is 5.11 Å². The molecule has 7 heteroatoms. The summed E-state index contributed by atoms with van der Waals surface area (Å²) < 4.78 is 1.20.